The number of ether oxygens (including phenoxy) is 1. The number of carbonyl (C=O) groups is 1. The van der Waals surface area contributed by atoms with Gasteiger partial charge in [-0.25, -0.2) is 9.78 Å². The summed E-state index contributed by atoms with van der Waals surface area (Å²) in [7, 11) is 1.30. The Bertz CT molecular complexity index is 566. The van der Waals surface area contributed by atoms with Crippen LogP contribution in [0.5, 0.6) is 0 Å². The first-order valence-electron chi connectivity index (χ1n) is 5.19. The fourth-order valence-corrected chi connectivity index (χ4v) is 2.40. The lowest BCUT2D eigenvalue weighted by Gasteiger charge is -1.96. The van der Waals surface area contributed by atoms with Crippen molar-refractivity contribution in [3.63, 3.8) is 0 Å². The Hall–Kier alpha value is -1.60. The monoisotopic (exact) mass is 286 g/mol. The average molecular weight is 287 g/mol. The lowest BCUT2D eigenvalue weighted by atomic mass is 10.6. The molecule has 0 amide bonds. The summed E-state index contributed by atoms with van der Waals surface area (Å²) in [4.78, 5) is 15.7. The first kappa shape index (κ1) is 12.8. The molecule has 0 saturated heterocycles. The number of nitrogens with one attached hydrogen (secondary N) is 1. The maximum Gasteiger partial charge on any atom is 0.351 e. The number of anilines is 2. The van der Waals surface area contributed by atoms with E-state index in [2.05, 4.69) is 20.1 Å². The molecule has 0 bridgehead atoms. The normalized spacial score (nSPS) is 10.4. The lowest BCUT2D eigenvalue weighted by Crippen LogP contribution is -1.98. The molecule has 96 valence electrons. The van der Waals surface area contributed by atoms with Crippen molar-refractivity contribution in [2.24, 2.45) is 0 Å². The SMILES string of the molecule is CCn1ccc(Nc2nc(Cl)c(C(=O)OC)s2)n1. The van der Waals surface area contributed by atoms with Gasteiger partial charge in [0.2, 0.25) is 0 Å². The second-order valence-corrected chi connectivity index (χ2v) is 4.67. The molecule has 8 heteroatoms. The van der Waals surface area contributed by atoms with Crippen LogP contribution in [0.25, 0.3) is 0 Å². The van der Waals surface area contributed by atoms with Gasteiger partial charge in [-0.2, -0.15) is 5.10 Å². The third-order valence-corrected chi connectivity index (χ3v) is 3.49. The van der Waals surface area contributed by atoms with Crippen molar-refractivity contribution in [3.8, 4) is 0 Å². The van der Waals surface area contributed by atoms with Crippen molar-refractivity contribution in [2.45, 2.75) is 13.5 Å². The molecule has 1 N–H and O–H groups in total. The molecule has 0 fully saturated rings. The third kappa shape index (κ3) is 2.62. The maximum absolute atomic E-state index is 11.4. The second kappa shape index (κ2) is 5.36. The summed E-state index contributed by atoms with van der Waals surface area (Å²) < 4.78 is 6.38. The fourth-order valence-electron chi connectivity index (χ4n) is 1.29. The number of aryl methyl sites for hydroxylation is 1. The quantitative estimate of drug-likeness (QED) is 0.875. The van der Waals surface area contributed by atoms with Crippen molar-refractivity contribution in [1.29, 1.82) is 0 Å². The topological polar surface area (TPSA) is 69.0 Å². The molecule has 0 aliphatic heterocycles. The van der Waals surface area contributed by atoms with Gasteiger partial charge in [0.1, 0.15) is 0 Å². The number of carbonyl (C=O) groups excluding carboxylic acids is 1. The Morgan fingerprint density at radius 1 is 1.67 bits per heavy atom. The van der Waals surface area contributed by atoms with E-state index in [1.807, 2.05) is 19.2 Å². The molecular weight excluding hydrogens is 276 g/mol. The number of hydrogen-bond donors (Lipinski definition) is 1. The number of aromatic nitrogens is 3. The highest BCUT2D eigenvalue weighted by atomic mass is 35.5. The van der Waals surface area contributed by atoms with Crippen molar-refractivity contribution in [1.82, 2.24) is 14.8 Å². The summed E-state index contributed by atoms with van der Waals surface area (Å²) in [5.41, 5.74) is 0. The number of esters is 1. The number of methoxy groups -OCH3 is 1. The predicted molar refractivity (Wildman–Crippen MR) is 69.6 cm³/mol. The van der Waals surface area contributed by atoms with Gasteiger partial charge in [-0.3, -0.25) is 4.68 Å². The van der Waals surface area contributed by atoms with Gasteiger partial charge in [-0.1, -0.05) is 22.9 Å². The van der Waals surface area contributed by atoms with E-state index >= 15 is 0 Å². The van der Waals surface area contributed by atoms with E-state index in [0.717, 1.165) is 17.9 Å². The zero-order chi connectivity index (χ0) is 13.1. The van der Waals surface area contributed by atoms with Crippen LogP contribution in [0.4, 0.5) is 10.9 Å². The molecule has 18 heavy (non-hydrogen) atoms. The van der Waals surface area contributed by atoms with Crippen molar-refractivity contribution in [2.75, 3.05) is 12.4 Å². The zero-order valence-electron chi connectivity index (χ0n) is 9.81. The fraction of sp³-hybridized carbons (Fsp3) is 0.300. The highest BCUT2D eigenvalue weighted by Crippen LogP contribution is 2.29. The summed E-state index contributed by atoms with van der Waals surface area (Å²) in [6.07, 6.45) is 1.85. The summed E-state index contributed by atoms with van der Waals surface area (Å²) >= 11 is 6.98. The molecule has 6 nitrogen and oxygen atoms in total. The molecule has 2 heterocycles. The number of thiazole rings is 1. The molecule has 2 rings (SSSR count). The van der Waals surface area contributed by atoms with Crippen LogP contribution < -0.4 is 5.32 Å². The van der Waals surface area contributed by atoms with Gasteiger partial charge in [0.15, 0.2) is 21.0 Å². The van der Waals surface area contributed by atoms with E-state index in [4.69, 9.17) is 11.6 Å². The van der Waals surface area contributed by atoms with E-state index in [9.17, 15) is 4.79 Å². The van der Waals surface area contributed by atoms with E-state index in [1.54, 1.807) is 4.68 Å². The number of halogens is 1. The maximum atomic E-state index is 11.4. The molecule has 0 atom stereocenters. The molecular formula is C10H11ClN4O2S. The smallest absolute Gasteiger partial charge is 0.351 e. The average Bonchev–Trinajstić information content (AvgIpc) is 2.95. The Morgan fingerprint density at radius 3 is 3.06 bits per heavy atom. The Labute approximate surface area is 113 Å². The van der Waals surface area contributed by atoms with Crippen molar-refractivity contribution in [3.05, 3.63) is 22.3 Å². The van der Waals surface area contributed by atoms with Gasteiger partial charge in [-0.15, -0.1) is 0 Å². The largest absolute Gasteiger partial charge is 0.465 e. The van der Waals surface area contributed by atoms with Crippen LogP contribution in [-0.2, 0) is 11.3 Å². The second-order valence-electron chi connectivity index (χ2n) is 3.31. The summed E-state index contributed by atoms with van der Waals surface area (Å²) in [5.74, 6) is 0.156. The molecule has 0 aromatic carbocycles. The third-order valence-electron chi connectivity index (χ3n) is 2.16. The molecule has 0 saturated carbocycles. The predicted octanol–water partition coefficient (Wildman–Crippen LogP) is 2.54. The minimum atomic E-state index is -0.496. The molecule has 2 aromatic heterocycles. The van der Waals surface area contributed by atoms with E-state index < -0.39 is 5.97 Å². The molecule has 0 unspecified atom stereocenters. The summed E-state index contributed by atoms with van der Waals surface area (Å²) in [6.45, 7) is 2.78. The summed E-state index contributed by atoms with van der Waals surface area (Å²) in [6, 6.07) is 1.82. The number of nitrogens with zero attached hydrogens (tertiary/aromatic N) is 3. The van der Waals surface area contributed by atoms with Crippen LogP contribution in [0.1, 0.15) is 16.6 Å². The van der Waals surface area contributed by atoms with Gasteiger partial charge < -0.3 is 10.1 Å². The minimum Gasteiger partial charge on any atom is -0.465 e. The highest BCUT2D eigenvalue weighted by Gasteiger charge is 2.17. The summed E-state index contributed by atoms with van der Waals surface area (Å²) in [5, 5.41) is 7.85. The minimum absolute atomic E-state index is 0.129. The molecule has 0 radical (unpaired) electrons. The van der Waals surface area contributed by atoms with Crippen molar-refractivity contribution >= 4 is 39.9 Å². The number of hydrogen-bond acceptors (Lipinski definition) is 6. The van der Waals surface area contributed by atoms with Crippen LogP contribution in [0.2, 0.25) is 5.15 Å². The molecule has 2 aromatic rings. The molecule has 0 aliphatic rings. The Kier molecular flexibility index (Phi) is 3.83. The standard InChI is InChI=1S/C10H11ClN4O2S/c1-3-15-5-4-6(14-15)12-10-13-8(11)7(18-10)9(16)17-2/h4-5H,3H2,1-2H3,(H,12,13,14). The van der Waals surface area contributed by atoms with Gasteiger partial charge in [0.05, 0.1) is 7.11 Å². The van der Waals surface area contributed by atoms with Gasteiger partial charge >= 0.3 is 5.97 Å². The zero-order valence-corrected chi connectivity index (χ0v) is 11.4. The van der Waals surface area contributed by atoms with Crippen LogP contribution in [0.3, 0.4) is 0 Å². The highest BCUT2D eigenvalue weighted by molar-refractivity contribution is 7.18. The van der Waals surface area contributed by atoms with Crippen LogP contribution in [-0.4, -0.2) is 27.8 Å². The van der Waals surface area contributed by atoms with Crippen LogP contribution in [0, 0.1) is 0 Å². The van der Waals surface area contributed by atoms with Gasteiger partial charge in [0, 0.05) is 18.8 Å². The first-order chi connectivity index (χ1) is 8.63. The lowest BCUT2D eigenvalue weighted by molar-refractivity contribution is 0.0606. The Balaban J connectivity index is 2.17. The van der Waals surface area contributed by atoms with Gasteiger partial charge in [-0.05, 0) is 6.92 Å². The Morgan fingerprint density at radius 2 is 2.44 bits per heavy atom. The van der Waals surface area contributed by atoms with E-state index in [1.165, 1.54) is 7.11 Å². The van der Waals surface area contributed by atoms with Crippen molar-refractivity contribution < 1.29 is 9.53 Å². The first-order valence-corrected chi connectivity index (χ1v) is 6.38. The van der Waals surface area contributed by atoms with E-state index in [0.29, 0.717) is 10.9 Å². The molecule has 0 aliphatic carbocycles. The molecule has 0 spiro atoms. The van der Waals surface area contributed by atoms with Gasteiger partial charge in [0.25, 0.3) is 0 Å². The number of rotatable bonds is 4. The van der Waals surface area contributed by atoms with E-state index in [-0.39, 0.29) is 10.0 Å². The van der Waals surface area contributed by atoms with Crippen LogP contribution in [0.15, 0.2) is 12.3 Å². The van der Waals surface area contributed by atoms with Crippen LogP contribution >= 0.6 is 22.9 Å².